The molecule has 2 fully saturated rings. The molecule has 162 valence electrons. The minimum absolute atomic E-state index is 0.179. The molecule has 5 nitrogen and oxygen atoms in total. The molecule has 1 saturated heterocycles. The third-order valence-corrected chi connectivity index (χ3v) is 6.14. The highest BCUT2D eigenvalue weighted by molar-refractivity contribution is 5.87. The van der Waals surface area contributed by atoms with E-state index in [1.54, 1.807) is 0 Å². The number of rotatable bonds is 4. The molecule has 0 radical (unpaired) electrons. The molecule has 5 heteroatoms. The highest BCUT2D eigenvalue weighted by atomic mass is 16.6. The van der Waals surface area contributed by atoms with Crippen LogP contribution in [-0.4, -0.2) is 40.2 Å². The monoisotopic (exact) mass is 401 g/mol. The summed E-state index contributed by atoms with van der Waals surface area (Å²) < 4.78 is 5.74. The van der Waals surface area contributed by atoms with E-state index < -0.39 is 5.60 Å². The molecular weight excluding hydrogens is 362 g/mol. The first kappa shape index (κ1) is 22.1. The molecule has 1 atom stereocenters. The van der Waals surface area contributed by atoms with Crippen molar-refractivity contribution in [1.29, 1.82) is 0 Å². The first-order chi connectivity index (χ1) is 13.8. The van der Waals surface area contributed by atoms with Crippen molar-refractivity contribution in [3.8, 4) is 0 Å². The van der Waals surface area contributed by atoms with Gasteiger partial charge in [-0.3, -0.25) is 9.80 Å². The van der Waals surface area contributed by atoms with Crippen molar-refractivity contribution in [2.75, 3.05) is 11.4 Å². The zero-order chi connectivity index (χ0) is 21.0. The molecule has 0 bridgehead atoms. The van der Waals surface area contributed by atoms with Gasteiger partial charge in [0.1, 0.15) is 11.4 Å². The second-order valence-corrected chi connectivity index (χ2v) is 9.94. The van der Waals surface area contributed by atoms with Crippen molar-refractivity contribution in [1.82, 2.24) is 9.88 Å². The summed E-state index contributed by atoms with van der Waals surface area (Å²) in [4.78, 5) is 22.2. The van der Waals surface area contributed by atoms with E-state index in [1.165, 1.54) is 31.2 Å². The lowest BCUT2D eigenvalue weighted by atomic mass is 9.94. The molecule has 1 aromatic heterocycles. The number of hydrogen-bond donors (Lipinski definition) is 0. The SMILES string of the molecule is CC(C)N1CCCC[C@@H]1c1ccc(N(C(=O)OC(C)(C)C)C2CCCCC2)nc1. The fraction of sp³-hybridized carbons (Fsp3) is 0.750. The number of hydrogen-bond acceptors (Lipinski definition) is 4. The first-order valence-electron chi connectivity index (χ1n) is 11.5. The molecule has 0 spiro atoms. The standard InChI is InChI=1S/C24H39N3O2/c1-18(2)26-16-10-9-13-21(26)19-14-15-22(25-17-19)27(20-11-7-6-8-12-20)23(28)29-24(3,4)5/h14-15,17-18,20-21H,6-13,16H2,1-5H3/t21-/m1/s1. The average molecular weight is 402 g/mol. The predicted octanol–water partition coefficient (Wildman–Crippen LogP) is 6.09. The number of ether oxygens (including phenoxy) is 1. The predicted molar refractivity (Wildman–Crippen MR) is 118 cm³/mol. The summed E-state index contributed by atoms with van der Waals surface area (Å²) in [7, 11) is 0. The van der Waals surface area contributed by atoms with E-state index in [-0.39, 0.29) is 12.1 Å². The van der Waals surface area contributed by atoms with Crippen molar-refractivity contribution in [3.63, 3.8) is 0 Å². The number of likely N-dealkylation sites (tertiary alicyclic amines) is 1. The Balaban J connectivity index is 1.83. The van der Waals surface area contributed by atoms with Gasteiger partial charge in [-0.15, -0.1) is 0 Å². The molecule has 1 aliphatic heterocycles. The topological polar surface area (TPSA) is 45.7 Å². The Kier molecular flexibility index (Phi) is 7.20. The first-order valence-corrected chi connectivity index (χ1v) is 11.5. The van der Waals surface area contributed by atoms with Crippen LogP contribution < -0.4 is 4.90 Å². The minimum Gasteiger partial charge on any atom is -0.443 e. The summed E-state index contributed by atoms with van der Waals surface area (Å²) in [5, 5.41) is 0. The van der Waals surface area contributed by atoms with Crippen molar-refractivity contribution in [2.24, 2.45) is 0 Å². The van der Waals surface area contributed by atoms with Crippen LogP contribution >= 0.6 is 0 Å². The van der Waals surface area contributed by atoms with Crippen LogP contribution in [0, 0.1) is 0 Å². The van der Waals surface area contributed by atoms with E-state index in [0.29, 0.717) is 12.1 Å². The summed E-state index contributed by atoms with van der Waals surface area (Å²) in [6.07, 6.45) is 11.0. The van der Waals surface area contributed by atoms with Crippen molar-refractivity contribution >= 4 is 11.9 Å². The van der Waals surface area contributed by atoms with Gasteiger partial charge in [-0.2, -0.15) is 0 Å². The van der Waals surface area contributed by atoms with Gasteiger partial charge in [-0.25, -0.2) is 9.78 Å². The summed E-state index contributed by atoms with van der Waals surface area (Å²) >= 11 is 0. The molecule has 0 N–H and O–H groups in total. The van der Waals surface area contributed by atoms with Crippen molar-refractivity contribution in [3.05, 3.63) is 23.9 Å². The highest BCUT2D eigenvalue weighted by Gasteiger charge is 2.32. The number of aromatic nitrogens is 1. The Labute approximate surface area is 176 Å². The van der Waals surface area contributed by atoms with E-state index in [9.17, 15) is 4.79 Å². The number of nitrogens with zero attached hydrogens (tertiary/aromatic N) is 3. The number of piperidine rings is 1. The molecule has 1 aromatic rings. The Morgan fingerprint density at radius 2 is 1.79 bits per heavy atom. The van der Waals surface area contributed by atoms with E-state index in [0.717, 1.165) is 38.0 Å². The lowest BCUT2D eigenvalue weighted by Gasteiger charge is -2.39. The summed E-state index contributed by atoms with van der Waals surface area (Å²) in [5.41, 5.74) is 0.749. The summed E-state index contributed by atoms with van der Waals surface area (Å²) in [5.74, 6) is 0.724. The van der Waals surface area contributed by atoms with Crippen LogP contribution in [0.25, 0.3) is 0 Å². The molecular formula is C24H39N3O2. The zero-order valence-electron chi connectivity index (χ0n) is 19.0. The lowest BCUT2D eigenvalue weighted by Crippen LogP contribution is -2.45. The molecule has 3 rings (SSSR count). The second kappa shape index (κ2) is 9.46. The maximum atomic E-state index is 13.0. The van der Waals surface area contributed by atoms with Crippen LogP contribution in [0.5, 0.6) is 0 Å². The fourth-order valence-electron chi connectivity index (χ4n) is 4.75. The highest BCUT2D eigenvalue weighted by Crippen LogP contribution is 2.34. The van der Waals surface area contributed by atoms with Crippen LogP contribution in [0.4, 0.5) is 10.6 Å². The van der Waals surface area contributed by atoms with Gasteiger partial charge < -0.3 is 4.74 Å². The largest absolute Gasteiger partial charge is 0.443 e. The Morgan fingerprint density at radius 3 is 2.38 bits per heavy atom. The maximum Gasteiger partial charge on any atom is 0.416 e. The molecule has 1 amide bonds. The van der Waals surface area contributed by atoms with E-state index in [4.69, 9.17) is 9.72 Å². The van der Waals surface area contributed by atoms with Crippen LogP contribution in [0.1, 0.15) is 97.6 Å². The number of carbonyl (C=O) groups excluding carboxylic acids is 1. The van der Waals surface area contributed by atoms with Crippen molar-refractivity contribution < 1.29 is 9.53 Å². The van der Waals surface area contributed by atoms with Crippen LogP contribution in [0.2, 0.25) is 0 Å². The Morgan fingerprint density at radius 1 is 1.10 bits per heavy atom. The summed E-state index contributed by atoms with van der Waals surface area (Å²) in [6, 6.07) is 5.34. The van der Waals surface area contributed by atoms with Gasteiger partial charge in [0.25, 0.3) is 0 Å². The van der Waals surface area contributed by atoms with E-state index in [2.05, 4.69) is 24.8 Å². The maximum absolute atomic E-state index is 13.0. The molecule has 2 aliphatic rings. The number of anilines is 1. The fourth-order valence-corrected chi connectivity index (χ4v) is 4.75. The Hall–Kier alpha value is -1.62. The van der Waals surface area contributed by atoms with Crippen molar-refractivity contribution in [2.45, 2.75) is 110 Å². The second-order valence-electron chi connectivity index (χ2n) is 9.94. The quantitative estimate of drug-likeness (QED) is 0.612. The molecule has 0 aromatic carbocycles. The van der Waals surface area contributed by atoms with Gasteiger partial charge in [0.15, 0.2) is 0 Å². The summed E-state index contributed by atoms with van der Waals surface area (Å²) in [6.45, 7) is 11.5. The van der Waals surface area contributed by atoms with Gasteiger partial charge in [-0.05, 0) is 78.5 Å². The molecule has 1 aliphatic carbocycles. The third kappa shape index (κ3) is 5.71. The molecule has 1 saturated carbocycles. The smallest absolute Gasteiger partial charge is 0.416 e. The third-order valence-electron chi connectivity index (χ3n) is 6.14. The molecule has 29 heavy (non-hydrogen) atoms. The van der Waals surface area contributed by atoms with Gasteiger partial charge in [-0.1, -0.05) is 31.7 Å². The zero-order valence-corrected chi connectivity index (χ0v) is 19.0. The number of pyridine rings is 1. The van der Waals surface area contributed by atoms with E-state index >= 15 is 0 Å². The van der Waals surface area contributed by atoms with E-state index in [1.807, 2.05) is 37.9 Å². The van der Waals surface area contributed by atoms with Gasteiger partial charge in [0, 0.05) is 24.3 Å². The number of carbonyl (C=O) groups is 1. The van der Waals surface area contributed by atoms with Gasteiger partial charge in [0.05, 0.1) is 0 Å². The lowest BCUT2D eigenvalue weighted by molar-refractivity contribution is 0.0556. The van der Waals surface area contributed by atoms with Crippen LogP contribution in [0.15, 0.2) is 18.3 Å². The van der Waals surface area contributed by atoms with Crippen LogP contribution in [0.3, 0.4) is 0 Å². The number of amides is 1. The molecule has 2 heterocycles. The molecule has 0 unspecified atom stereocenters. The average Bonchev–Trinajstić information content (AvgIpc) is 2.68. The van der Waals surface area contributed by atoms with Gasteiger partial charge in [0.2, 0.25) is 0 Å². The Bertz CT molecular complexity index is 660. The van der Waals surface area contributed by atoms with Gasteiger partial charge >= 0.3 is 6.09 Å². The minimum atomic E-state index is -0.510. The van der Waals surface area contributed by atoms with Crippen LogP contribution in [-0.2, 0) is 4.74 Å². The normalized spacial score (nSPS) is 21.9.